The van der Waals surface area contributed by atoms with Crippen molar-refractivity contribution in [3.8, 4) is 16.9 Å². The maximum atomic E-state index is 13.5. The van der Waals surface area contributed by atoms with Gasteiger partial charge >= 0.3 is 0 Å². The average molecular weight is 528 g/mol. The van der Waals surface area contributed by atoms with Gasteiger partial charge in [-0.05, 0) is 73.7 Å². The molecule has 39 heavy (non-hydrogen) atoms. The van der Waals surface area contributed by atoms with Crippen molar-refractivity contribution >= 4 is 22.7 Å². The zero-order valence-electron chi connectivity index (χ0n) is 22.9. The van der Waals surface area contributed by atoms with Crippen molar-refractivity contribution in [3.63, 3.8) is 0 Å². The summed E-state index contributed by atoms with van der Waals surface area (Å²) in [5.74, 6) is 0.186. The summed E-state index contributed by atoms with van der Waals surface area (Å²) in [4.78, 5) is 31.2. The first-order chi connectivity index (χ1) is 19.0. The number of hydrogen-bond donors (Lipinski definition) is 3. The number of para-hydroxylation sites is 1. The first-order valence-electron chi connectivity index (χ1n) is 13.6. The van der Waals surface area contributed by atoms with Gasteiger partial charge in [-0.25, -0.2) is 0 Å². The second kappa shape index (κ2) is 13.1. The molecule has 0 bridgehead atoms. The van der Waals surface area contributed by atoms with Gasteiger partial charge in [0.05, 0.1) is 24.8 Å². The Morgan fingerprint density at radius 2 is 1.69 bits per heavy atom. The average Bonchev–Trinajstić information content (AvgIpc) is 3.38. The first kappa shape index (κ1) is 27.9. The van der Waals surface area contributed by atoms with Crippen LogP contribution in [0.5, 0.6) is 5.75 Å². The van der Waals surface area contributed by atoms with Gasteiger partial charge < -0.3 is 25.0 Å². The number of rotatable bonds is 12. The van der Waals surface area contributed by atoms with Crippen LogP contribution in [0.15, 0.2) is 72.9 Å². The van der Waals surface area contributed by atoms with E-state index in [1.807, 2.05) is 93.7 Å². The minimum absolute atomic E-state index is 0.000163. The molecular formula is C32H37N3O4. The second-order valence-corrected chi connectivity index (χ2v) is 9.53. The summed E-state index contributed by atoms with van der Waals surface area (Å²) in [6.07, 6.45) is 3.22. The summed E-state index contributed by atoms with van der Waals surface area (Å²) < 4.78 is 5.90. The Labute approximate surface area is 229 Å². The molecule has 0 aliphatic carbocycles. The van der Waals surface area contributed by atoms with Crippen LogP contribution in [-0.4, -0.2) is 59.1 Å². The number of aromatic amines is 1. The number of amides is 2. The van der Waals surface area contributed by atoms with Crippen LogP contribution in [0.1, 0.15) is 53.5 Å². The van der Waals surface area contributed by atoms with E-state index in [0.29, 0.717) is 43.0 Å². The number of aliphatic hydroxyl groups is 1. The van der Waals surface area contributed by atoms with Crippen molar-refractivity contribution in [1.29, 1.82) is 0 Å². The Morgan fingerprint density at radius 3 is 2.38 bits per heavy atom. The molecule has 3 N–H and O–H groups in total. The maximum Gasteiger partial charge on any atom is 0.255 e. The van der Waals surface area contributed by atoms with E-state index >= 15 is 0 Å². The molecule has 1 heterocycles. The predicted molar refractivity (Wildman–Crippen MR) is 155 cm³/mol. The lowest BCUT2D eigenvalue weighted by Gasteiger charge is -2.19. The number of fused-ring (bicyclic) bond motifs is 1. The highest BCUT2D eigenvalue weighted by Crippen LogP contribution is 2.28. The zero-order valence-corrected chi connectivity index (χ0v) is 22.9. The lowest BCUT2D eigenvalue weighted by atomic mass is 10.00. The van der Waals surface area contributed by atoms with E-state index in [2.05, 4.69) is 10.3 Å². The lowest BCUT2D eigenvalue weighted by Crippen LogP contribution is -2.39. The highest BCUT2D eigenvalue weighted by Gasteiger charge is 2.20. The molecule has 7 nitrogen and oxygen atoms in total. The Balaban J connectivity index is 1.57. The van der Waals surface area contributed by atoms with E-state index in [9.17, 15) is 14.7 Å². The van der Waals surface area contributed by atoms with Gasteiger partial charge in [0, 0.05) is 35.8 Å². The van der Waals surface area contributed by atoms with E-state index in [1.165, 1.54) is 0 Å². The molecule has 0 radical (unpaired) electrons. The van der Waals surface area contributed by atoms with E-state index in [0.717, 1.165) is 34.0 Å². The number of benzene rings is 3. The van der Waals surface area contributed by atoms with Crippen molar-refractivity contribution in [2.45, 2.75) is 39.7 Å². The molecule has 0 saturated carbocycles. The SMILES string of the molecule is CCCOc1ccc(-c2ccc(C(=O)N(CC)CC)cc2)cc1C(=O)NC(CO)Cc1c[nH]c2ccccc12. The predicted octanol–water partition coefficient (Wildman–Crippen LogP) is 5.44. The van der Waals surface area contributed by atoms with Gasteiger partial charge in [0.25, 0.3) is 11.8 Å². The van der Waals surface area contributed by atoms with E-state index < -0.39 is 6.04 Å². The lowest BCUT2D eigenvalue weighted by molar-refractivity contribution is 0.0772. The van der Waals surface area contributed by atoms with Crippen LogP contribution in [0.2, 0.25) is 0 Å². The molecule has 0 fully saturated rings. The fraction of sp³-hybridized carbons (Fsp3) is 0.312. The topological polar surface area (TPSA) is 94.7 Å². The summed E-state index contributed by atoms with van der Waals surface area (Å²) >= 11 is 0. The number of carbonyl (C=O) groups excluding carboxylic acids is 2. The summed E-state index contributed by atoms with van der Waals surface area (Å²) in [5.41, 5.74) is 4.81. The van der Waals surface area contributed by atoms with Gasteiger partial charge in [0.2, 0.25) is 0 Å². The van der Waals surface area contributed by atoms with Crippen LogP contribution in [0.25, 0.3) is 22.0 Å². The third kappa shape index (κ3) is 6.49. The molecule has 7 heteroatoms. The van der Waals surface area contributed by atoms with Crippen molar-refractivity contribution in [1.82, 2.24) is 15.2 Å². The van der Waals surface area contributed by atoms with Crippen molar-refractivity contribution in [3.05, 3.63) is 89.6 Å². The number of nitrogens with zero attached hydrogens (tertiary/aromatic N) is 1. The molecule has 1 aromatic heterocycles. The van der Waals surface area contributed by atoms with Gasteiger partial charge in [-0.15, -0.1) is 0 Å². The van der Waals surface area contributed by atoms with Crippen LogP contribution in [0, 0.1) is 0 Å². The Morgan fingerprint density at radius 1 is 0.974 bits per heavy atom. The number of H-pyrrole nitrogens is 1. The fourth-order valence-electron chi connectivity index (χ4n) is 4.71. The molecule has 204 valence electrons. The second-order valence-electron chi connectivity index (χ2n) is 9.53. The van der Waals surface area contributed by atoms with Crippen molar-refractivity contribution in [2.24, 2.45) is 0 Å². The number of carbonyl (C=O) groups is 2. The van der Waals surface area contributed by atoms with E-state index in [4.69, 9.17) is 4.74 Å². The molecule has 4 rings (SSSR count). The molecule has 1 unspecified atom stereocenters. The largest absolute Gasteiger partial charge is 0.493 e. The van der Waals surface area contributed by atoms with Crippen molar-refractivity contribution < 1.29 is 19.4 Å². The van der Waals surface area contributed by atoms with Gasteiger partial charge in [-0.1, -0.05) is 43.3 Å². The number of ether oxygens (including phenoxy) is 1. The fourth-order valence-corrected chi connectivity index (χ4v) is 4.71. The normalized spacial score (nSPS) is 11.8. The molecule has 0 aliphatic rings. The number of nitrogens with one attached hydrogen (secondary N) is 2. The number of aliphatic hydroxyl groups excluding tert-OH is 1. The highest BCUT2D eigenvalue weighted by atomic mass is 16.5. The quantitative estimate of drug-likeness (QED) is 0.229. The molecule has 2 amide bonds. The smallest absolute Gasteiger partial charge is 0.255 e. The molecule has 0 saturated heterocycles. The zero-order chi connectivity index (χ0) is 27.8. The Kier molecular flexibility index (Phi) is 9.39. The summed E-state index contributed by atoms with van der Waals surface area (Å²) in [6, 6.07) is 20.5. The van der Waals surface area contributed by atoms with Gasteiger partial charge in [-0.3, -0.25) is 9.59 Å². The summed E-state index contributed by atoms with van der Waals surface area (Å²) in [5, 5.41) is 14.2. The van der Waals surface area contributed by atoms with E-state index in [-0.39, 0.29) is 18.4 Å². The minimum Gasteiger partial charge on any atom is -0.493 e. The first-order valence-corrected chi connectivity index (χ1v) is 13.6. The molecule has 0 aliphatic heterocycles. The van der Waals surface area contributed by atoms with Crippen molar-refractivity contribution in [2.75, 3.05) is 26.3 Å². The van der Waals surface area contributed by atoms with Gasteiger partial charge in [0.1, 0.15) is 5.75 Å². The third-order valence-electron chi connectivity index (χ3n) is 6.90. The Hall–Kier alpha value is -4.10. The third-order valence-corrected chi connectivity index (χ3v) is 6.90. The van der Waals surface area contributed by atoms with Gasteiger partial charge in [0.15, 0.2) is 0 Å². The minimum atomic E-state index is -0.468. The van der Waals surface area contributed by atoms with E-state index in [1.54, 1.807) is 4.90 Å². The number of aromatic nitrogens is 1. The number of hydrogen-bond acceptors (Lipinski definition) is 4. The van der Waals surface area contributed by atoms with Crippen LogP contribution >= 0.6 is 0 Å². The molecule has 1 atom stereocenters. The molecular weight excluding hydrogens is 490 g/mol. The molecule has 0 spiro atoms. The standard InChI is InChI=1S/C32H37N3O4/c1-4-17-39-30-16-15-24(22-11-13-23(14-12-22)32(38)35(5-2)6-3)19-28(30)31(37)34-26(21-36)18-25-20-33-29-10-8-7-9-27(25)29/h7-16,19-20,26,33,36H,4-6,17-18,21H2,1-3H3,(H,34,37). The molecule has 4 aromatic rings. The summed E-state index contributed by atoms with van der Waals surface area (Å²) in [6.45, 7) is 7.55. The molecule has 3 aromatic carbocycles. The maximum absolute atomic E-state index is 13.5. The van der Waals surface area contributed by atoms with Gasteiger partial charge in [-0.2, -0.15) is 0 Å². The van der Waals surface area contributed by atoms with Crippen LogP contribution < -0.4 is 10.1 Å². The Bertz CT molecular complexity index is 1410. The monoisotopic (exact) mass is 527 g/mol. The van der Waals surface area contributed by atoms with Crippen LogP contribution in [0.3, 0.4) is 0 Å². The summed E-state index contributed by atoms with van der Waals surface area (Å²) in [7, 11) is 0. The van der Waals surface area contributed by atoms with Crippen LogP contribution in [0.4, 0.5) is 0 Å². The highest BCUT2D eigenvalue weighted by molar-refractivity contribution is 5.99. The van der Waals surface area contributed by atoms with Crippen LogP contribution in [-0.2, 0) is 6.42 Å².